The summed E-state index contributed by atoms with van der Waals surface area (Å²) >= 11 is 1.94. The molecule has 1 amide bonds. The zero-order chi connectivity index (χ0) is 17.1. The van der Waals surface area contributed by atoms with E-state index >= 15 is 0 Å². The van der Waals surface area contributed by atoms with Crippen LogP contribution < -0.4 is 10.6 Å². The summed E-state index contributed by atoms with van der Waals surface area (Å²) < 4.78 is 1.85. The smallest absolute Gasteiger partial charge is 0.248 e. The molecule has 0 saturated carbocycles. The van der Waals surface area contributed by atoms with Crippen LogP contribution in [0.25, 0.3) is 0 Å². The van der Waals surface area contributed by atoms with Gasteiger partial charge in [0.2, 0.25) is 5.91 Å². The van der Waals surface area contributed by atoms with Crippen LogP contribution in [-0.4, -0.2) is 41.1 Å². The van der Waals surface area contributed by atoms with Gasteiger partial charge in [0.05, 0.1) is 0 Å². The number of hydrogen-bond donors (Lipinski definition) is 2. The highest BCUT2D eigenvalue weighted by Crippen LogP contribution is 2.36. The largest absolute Gasteiger partial charge is 0.353 e. The van der Waals surface area contributed by atoms with Crippen LogP contribution >= 0.6 is 11.8 Å². The van der Waals surface area contributed by atoms with Crippen molar-refractivity contribution in [2.24, 2.45) is 0 Å². The first kappa shape index (κ1) is 16.7. The van der Waals surface area contributed by atoms with Gasteiger partial charge in [0, 0.05) is 24.2 Å². The summed E-state index contributed by atoms with van der Waals surface area (Å²) in [6.07, 6.45) is 6.33. The fourth-order valence-electron chi connectivity index (χ4n) is 3.92. The standard InChI is InChI=1S/C19H24N4OS/c24-18(19(7-10-20-11-8-19)23-12-3-9-22-23)21-14-17-16-5-2-1-4-15(16)6-13-25-17/h1-5,9,12,17,20H,6-8,10-11,13-14H2,(H,21,24). The molecule has 2 aromatic rings. The Morgan fingerprint density at radius 3 is 2.96 bits per heavy atom. The van der Waals surface area contributed by atoms with Crippen LogP contribution in [-0.2, 0) is 16.8 Å². The van der Waals surface area contributed by atoms with Gasteiger partial charge in [-0.3, -0.25) is 9.48 Å². The minimum absolute atomic E-state index is 0.0985. The van der Waals surface area contributed by atoms with Crippen LogP contribution in [0, 0.1) is 0 Å². The Morgan fingerprint density at radius 1 is 1.32 bits per heavy atom. The number of thioether (sulfide) groups is 1. The molecule has 2 aliphatic rings. The molecule has 1 atom stereocenters. The van der Waals surface area contributed by atoms with E-state index in [4.69, 9.17) is 0 Å². The molecular weight excluding hydrogens is 332 g/mol. The molecule has 3 heterocycles. The molecule has 0 bridgehead atoms. The predicted molar refractivity (Wildman–Crippen MR) is 101 cm³/mol. The zero-order valence-electron chi connectivity index (χ0n) is 14.3. The lowest BCUT2D eigenvalue weighted by molar-refractivity contribution is -0.132. The molecule has 1 aromatic heterocycles. The predicted octanol–water partition coefficient (Wildman–Crippen LogP) is 2.11. The Labute approximate surface area is 152 Å². The Balaban J connectivity index is 1.50. The molecule has 4 rings (SSSR count). The van der Waals surface area contributed by atoms with E-state index in [1.54, 1.807) is 6.20 Å². The van der Waals surface area contributed by atoms with E-state index in [2.05, 4.69) is 40.0 Å². The van der Waals surface area contributed by atoms with Crippen LogP contribution in [0.4, 0.5) is 0 Å². The van der Waals surface area contributed by atoms with Gasteiger partial charge in [0.25, 0.3) is 0 Å². The summed E-state index contributed by atoms with van der Waals surface area (Å²) in [5.74, 6) is 1.22. The van der Waals surface area contributed by atoms with E-state index in [9.17, 15) is 4.79 Å². The molecule has 5 nitrogen and oxygen atoms in total. The van der Waals surface area contributed by atoms with Gasteiger partial charge in [-0.25, -0.2) is 0 Å². The van der Waals surface area contributed by atoms with E-state index in [1.807, 2.05) is 28.7 Å². The average molecular weight is 356 g/mol. The van der Waals surface area contributed by atoms with Crippen LogP contribution in [0.1, 0.15) is 29.2 Å². The number of carbonyl (C=O) groups excluding carboxylic acids is 1. The molecular formula is C19H24N4OS. The average Bonchev–Trinajstić information content (AvgIpc) is 3.22. The number of nitrogens with one attached hydrogen (secondary N) is 2. The molecule has 1 saturated heterocycles. The van der Waals surface area contributed by atoms with Crippen LogP contribution in [0.15, 0.2) is 42.7 Å². The van der Waals surface area contributed by atoms with Crippen molar-refractivity contribution in [3.05, 3.63) is 53.9 Å². The third-order valence-corrected chi connectivity index (χ3v) is 6.60. The normalized spacial score (nSPS) is 22.2. The number of benzene rings is 1. The van der Waals surface area contributed by atoms with Gasteiger partial charge in [-0.2, -0.15) is 16.9 Å². The molecule has 1 unspecified atom stereocenters. The number of aryl methyl sites for hydroxylation is 1. The van der Waals surface area contributed by atoms with E-state index in [0.29, 0.717) is 11.8 Å². The van der Waals surface area contributed by atoms with Crippen molar-refractivity contribution in [2.75, 3.05) is 25.4 Å². The Morgan fingerprint density at radius 2 is 2.16 bits per heavy atom. The van der Waals surface area contributed by atoms with Crippen molar-refractivity contribution in [2.45, 2.75) is 30.1 Å². The third-order valence-electron chi connectivity index (χ3n) is 5.34. The Hall–Kier alpha value is -1.79. The molecule has 2 N–H and O–H groups in total. The lowest BCUT2D eigenvalue weighted by Gasteiger charge is -2.37. The number of nitrogens with zero attached hydrogens (tertiary/aromatic N) is 2. The number of fused-ring (bicyclic) bond motifs is 1. The molecule has 0 spiro atoms. The van der Waals surface area contributed by atoms with Crippen molar-refractivity contribution >= 4 is 17.7 Å². The summed E-state index contributed by atoms with van der Waals surface area (Å²) in [5, 5.41) is 11.3. The Kier molecular flexibility index (Phi) is 4.81. The first-order chi connectivity index (χ1) is 12.3. The van der Waals surface area contributed by atoms with E-state index in [0.717, 1.165) is 38.1 Å². The van der Waals surface area contributed by atoms with Gasteiger partial charge >= 0.3 is 0 Å². The van der Waals surface area contributed by atoms with Crippen molar-refractivity contribution < 1.29 is 4.79 Å². The van der Waals surface area contributed by atoms with Gasteiger partial charge in [-0.05, 0) is 55.3 Å². The van der Waals surface area contributed by atoms with Crippen molar-refractivity contribution in [1.82, 2.24) is 20.4 Å². The number of aromatic nitrogens is 2. The van der Waals surface area contributed by atoms with Crippen LogP contribution in [0.3, 0.4) is 0 Å². The lowest BCUT2D eigenvalue weighted by atomic mass is 9.87. The third kappa shape index (κ3) is 3.20. The van der Waals surface area contributed by atoms with Crippen LogP contribution in [0.5, 0.6) is 0 Å². The van der Waals surface area contributed by atoms with E-state index < -0.39 is 5.54 Å². The van der Waals surface area contributed by atoms with E-state index in [1.165, 1.54) is 11.1 Å². The van der Waals surface area contributed by atoms with Gasteiger partial charge in [0.15, 0.2) is 0 Å². The van der Waals surface area contributed by atoms with Crippen molar-refractivity contribution in [3.63, 3.8) is 0 Å². The summed E-state index contributed by atoms with van der Waals surface area (Å²) in [7, 11) is 0. The molecule has 0 aliphatic carbocycles. The molecule has 1 aromatic carbocycles. The second-order valence-corrected chi connectivity index (χ2v) is 8.06. The van der Waals surface area contributed by atoms with E-state index in [-0.39, 0.29) is 5.91 Å². The maximum absolute atomic E-state index is 13.2. The fraction of sp³-hybridized carbons (Fsp3) is 0.474. The number of rotatable bonds is 4. The number of hydrogen-bond acceptors (Lipinski definition) is 4. The van der Waals surface area contributed by atoms with Gasteiger partial charge in [-0.15, -0.1) is 0 Å². The maximum atomic E-state index is 13.2. The zero-order valence-corrected chi connectivity index (χ0v) is 15.1. The van der Waals surface area contributed by atoms with Crippen molar-refractivity contribution in [3.8, 4) is 0 Å². The second kappa shape index (κ2) is 7.22. The van der Waals surface area contributed by atoms with Gasteiger partial charge < -0.3 is 10.6 Å². The first-order valence-corrected chi connectivity index (χ1v) is 10.0. The number of carbonyl (C=O) groups is 1. The van der Waals surface area contributed by atoms with Gasteiger partial charge in [-0.1, -0.05) is 24.3 Å². The second-order valence-electron chi connectivity index (χ2n) is 6.75. The molecule has 2 aliphatic heterocycles. The highest BCUT2D eigenvalue weighted by atomic mass is 32.2. The SMILES string of the molecule is O=C(NCC1SCCc2ccccc21)C1(n2cccn2)CCNCC1. The first-order valence-electron chi connectivity index (χ1n) is 8.98. The summed E-state index contributed by atoms with van der Waals surface area (Å²) in [4.78, 5) is 13.2. The molecule has 0 radical (unpaired) electrons. The molecule has 132 valence electrons. The monoisotopic (exact) mass is 356 g/mol. The molecule has 1 fully saturated rings. The minimum Gasteiger partial charge on any atom is -0.353 e. The summed E-state index contributed by atoms with van der Waals surface area (Å²) in [5.41, 5.74) is 2.23. The summed E-state index contributed by atoms with van der Waals surface area (Å²) in [6.45, 7) is 2.36. The Bertz CT molecular complexity index is 725. The highest BCUT2D eigenvalue weighted by Gasteiger charge is 2.42. The van der Waals surface area contributed by atoms with Crippen LogP contribution in [0.2, 0.25) is 0 Å². The topological polar surface area (TPSA) is 59.0 Å². The van der Waals surface area contributed by atoms with Crippen molar-refractivity contribution in [1.29, 1.82) is 0 Å². The fourth-order valence-corrected chi connectivity index (χ4v) is 5.15. The minimum atomic E-state index is -0.562. The number of amides is 1. The quantitative estimate of drug-likeness (QED) is 0.881. The number of piperidine rings is 1. The lowest BCUT2D eigenvalue weighted by Crippen LogP contribution is -2.55. The van der Waals surface area contributed by atoms with Gasteiger partial charge in [0.1, 0.15) is 5.54 Å². The maximum Gasteiger partial charge on any atom is 0.248 e. The molecule has 6 heteroatoms. The molecule has 25 heavy (non-hydrogen) atoms. The summed E-state index contributed by atoms with van der Waals surface area (Å²) in [6, 6.07) is 10.5. The highest BCUT2D eigenvalue weighted by molar-refractivity contribution is 7.99.